The molecule has 31 heavy (non-hydrogen) atoms. The van der Waals surface area contributed by atoms with Crippen LogP contribution in [0.2, 0.25) is 0 Å². The molecule has 3 aromatic carbocycles. The standard InChI is InChI=1S/C23H27N3O4S/c1-29-21-13-16-5-4-6-19(18(16)15-22(21)30-2)25-20-14-17(26-11-9-24-10-12-26)7-8-23(20)31(3,27)28/h4-8,13-15,24-25H,9-12H2,1-3H3. The molecule has 1 fully saturated rings. The minimum Gasteiger partial charge on any atom is -0.493 e. The first kappa shape index (κ1) is 21.3. The summed E-state index contributed by atoms with van der Waals surface area (Å²) in [7, 11) is -0.217. The fourth-order valence-electron chi connectivity index (χ4n) is 3.92. The van der Waals surface area contributed by atoms with Crippen molar-refractivity contribution in [3.8, 4) is 11.5 Å². The molecule has 0 atom stereocenters. The summed E-state index contributed by atoms with van der Waals surface area (Å²) in [6.45, 7) is 3.56. The van der Waals surface area contributed by atoms with Crippen LogP contribution in [0.25, 0.3) is 10.8 Å². The van der Waals surface area contributed by atoms with Crippen molar-refractivity contribution in [3.05, 3.63) is 48.5 Å². The number of methoxy groups -OCH3 is 2. The zero-order valence-electron chi connectivity index (χ0n) is 17.9. The maximum absolute atomic E-state index is 12.5. The predicted octanol–water partition coefficient (Wildman–Crippen LogP) is 3.41. The van der Waals surface area contributed by atoms with Gasteiger partial charge in [0, 0.05) is 49.2 Å². The molecule has 0 saturated carbocycles. The number of hydrogen-bond acceptors (Lipinski definition) is 7. The van der Waals surface area contributed by atoms with Crippen LogP contribution in [0.1, 0.15) is 0 Å². The summed E-state index contributed by atoms with van der Waals surface area (Å²) in [6.07, 6.45) is 1.23. The Labute approximate surface area is 182 Å². The summed E-state index contributed by atoms with van der Waals surface area (Å²) in [4.78, 5) is 2.52. The number of hydrogen-bond donors (Lipinski definition) is 2. The fourth-order valence-corrected chi connectivity index (χ4v) is 4.74. The van der Waals surface area contributed by atoms with Crippen molar-refractivity contribution in [1.29, 1.82) is 0 Å². The van der Waals surface area contributed by atoms with Crippen LogP contribution in [0.3, 0.4) is 0 Å². The molecule has 1 aliphatic rings. The third kappa shape index (κ3) is 4.40. The number of fused-ring (bicyclic) bond motifs is 1. The summed E-state index contributed by atoms with van der Waals surface area (Å²) in [5.74, 6) is 1.26. The molecule has 164 valence electrons. The van der Waals surface area contributed by atoms with E-state index in [-0.39, 0.29) is 4.90 Å². The van der Waals surface area contributed by atoms with Crippen LogP contribution in [0.4, 0.5) is 17.1 Å². The van der Waals surface area contributed by atoms with Crippen LogP contribution >= 0.6 is 0 Å². The zero-order valence-corrected chi connectivity index (χ0v) is 18.8. The molecule has 7 nitrogen and oxygen atoms in total. The van der Waals surface area contributed by atoms with Gasteiger partial charge in [0.05, 0.1) is 24.8 Å². The second-order valence-electron chi connectivity index (χ2n) is 7.55. The Balaban J connectivity index is 1.81. The number of sulfone groups is 1. The Morgan fingerprint density at radius 1 is 0.935 bits per heavy atom. The van der Waals surface area contributed by atoms with Gasteiger partial charge >= 0.3 is 0 Å². The first-order chi connectivity index (χ1) is 14.9. The lowest BCUT2D eigenvalue weighted by Gasteiger charge is -2.30. The maximum atomic E-state index is 12.5. The molecule has 0 unspecified atom stereocenters. The van der Waals surface area contributed by atoms with E-state index in [2.05, 4.69) is 15.5 Å². The summed E-state index contributed by atoms with van der Waals surface area (Å²) in [6, 6.07) is 15.1. The molecule has 0 spiro atoms. The Morgan fingerprint density at radius 3 is 2.32 bits per heavy atom. The highest BCUT2D eigenvalue weighted by Gasteiger charge is 2.18. The van der Waals surface area contributed by atoms with Crippen LogP contribution in [-0.2, 0) is 9.84 Å². The van der Waals surface area contributed by atoms with E-state index in [1.54, 1.807) is 20.3 Å². The molecule has 0 radical (unpaired) electrons. The van der Waals surface area contributed by atoms with Crippen molar-refractivity contribution in [1.82, 2.24) is 5.32 Å². The normalized spacial score (nSPS) is 14.5. The second-order valence-corrected chi connectivity index (χ2v) is 9.53. The number of piperazine rings is 1. The topological polar surface area (TPSA) is 79.9 Å². The third-order valence-corrected chi connectivity index (χ3v) is 6.65. The number of nitrogens with zero attached hydrogens (tertiary/aromatic N) is 1. The van der Waals surface area contributed by atoms with Gasteiger partial charge in [-0.2, -0.15) is 0 Å². The third-order valence-electron chi connectivity index (χ3n) is 5.50. The SMILES string of the molecule is COc1cc2cccc(Nc3cc(N4CCNCC4)ccc3S(C)(=O)=O)c2cc1OC. The van der Waals surface area contributed by atoms with Crippen LogP contribution in [0.5, 0.6) is 11.5 Å². The summed E-state index contributed by atoms with van der Waals surface area (Å²) in [5, 5.41) is 8.58. The average molecular weight is 442 g/mol. The van der Waals surface area contributed by atoms with E-state index in [1.165, 1.54) is 6.26 Å². The molecule has 1 heterocycles. The quantitative estimate of drug-likeness (QED) is 0.607. The van der Waals surface area contributed by atoms with Gasteiger partial charge in [-0.05, 0) is 41.8 Å². The number of benzene rings is 3. The first-order valence-electron chi connectivity index (χ1n) is 10.1. The lowest BCUT2D eigenvalue weighted by Crippen LogP contribution is -2.43. The number of ether oxygens (including phenoxy) is 2. The number of nitrogens with one attached hydrogen (secondary N) is 2. The fraction of sp³-hybridized carbons (Fsp3) is 0.304. The first-order valence-corrected chi connectivity index (χ1v) is 12.0. The van der Waals surface area contributed by atoms with E-state index in [1.807, 2.05) is 42.5 Å². The zero-order chi connectivity index (χ0) is 22.0. The Bertz CT molecular complexity index is 1200. The number of rotatable bonds is 6. The molecule has 8 heteroatoms. The van der Waals surface area contributed by atoms with Gasteiger partial charge in [0.15, 0.2) is 21.3 Å². The van der Waals surface area contributed by atoms with Gasteiger partial charge < -0.3 is 25.0 Å². The van der Waals surface area contributed by atoms with Crippen molar-refractivity contribution >= 4 is 37.7 Å². The molecule has 1 aliphatic heterocycles. The van der Waals surface area contributed by atoms with E-state index in [0.717, 1.165) is 48.3 Å². The molecule has 0 aromatic heterocycles. The smallest absolute Gasteiger partial charge is 0.177 e. The molecule has 0 aliphatic carbocycles. The molecular formula is C23H27N3O4S. The maximum Gasteiger partial charge on any atom is 0.177 e. The molecule has 0 amide bonds. The van der Waals surface area contributed by atoms with Crippen LogP contribution in [0, 0.1) is 0 Å². The Kier molecular flexibility index (Phi) is 5.93. The van der Waals surface area contributed by atoms with E-state index in [4.69, 9.17) is 9.47 Å². The second kappa shape index (κ2) is 8.64. The lowest BCUT2D eigenvalue weighted by molar-refractivity contribution is 0.356. The molecule has 2 N–H and O–H groups in total. The summed E-state index contributed by atoms with van der Waals surface area (Å²) in [5.41, 5.74) is 2.34. The van der Waals surface area contributed by atoms with Crippen molar-refractivity contribution in [2.75, 3.05) is 56.9 Å². The lowest BCUT2D eigenvalue weighted by atomic mass is 10.1. The van der Waals surface area contributed by atoms with Gasteiger partial charge in [-0.3, -0.25) is 0 Å². The van der Waals surface area contributed by atoms with Gasteiger partial charge in [0.25, 0.3) is 0 Å². The molecule has 3 aromatic rings. The highest BCUT2D eigenvalue weighted by Crippen LogP contribution is 2.38. The summed E-state index contributed by atoms with van der Waals surface area (Å²) >= 11 is 0. The van der Waals surface area contributed by atoms with Crippen molar-refractivity contribution in [2.45, 2.75) is 4.90 Å². The molecule has 4 rings (SSSR count). The molecule has 1 saturated heterocycles. The van der Waals surface area contributed by atoms with Gasteiger partial charge in [-0.15, -0.1) is 0 Å². The van der Waals surface area contributed by atoms with E-state index < -0.39 is 9.84 Å². The van der Waals surface area contributed by atoms with Crippen molar-refractivity contribution in [2.24, 2.45) is 0 Å². The van der Waals surface area contributed by atoms with Gasteiger partial charge in [-0.25, -0.2) is 8.42 Å². The Morgan fingerprint density at radius 2 is 1.65 bits per heavy atom. The predicted molar refractivity (Wildman–Crippen MR) is 125 cm³/mol. The largest absolute Gasteiger partial charge is 0.493 e. The average Bonchev–Trinajstić information content (AvgIpc) is 2.78. The minimum absolute atomic E-state index is 0.267. The highest BCUT2D eigenvalue weighted by atomic mass is 32.2. The van der Waals surface area contributed by atoms with E-state index >= 15 is 0 Å². The number of anilines is 3. The summed E-state index contributed by atoms with van der Waals surface area (Å²) < 4.78 is 35.8. The molecule has 0 bridgehead atoms. The van der Waals surface area contributed by atoms with Crippen LogP contribution in [-0.4, -0.2) is 55.1 Å². The van der Waals surface area contributed by atoms with Crippen LogP contribution in [0.15, 0.2) is 53.4 Å². The van der Waals surface area contributed by atoms with Crippen LogP contribution < -0.4 is 25.0 Å². The highest BCUT2D eigenvalue weighted by molar-refractivity contribution is 7.90. The monoisotopic (exact) mass is 441 g/mol. The van der Waals surface area contributed by atoms with E-state index in [9.17, 15) is 8.42 Å². The minimum atomic E-state index is -3.42. The van der Waals surface area contributed by atoms with Gasteiger partial charge in [0.2, 0.25) is 0 Å². The van der Waals surface area contributed by atoms with Gasteiger partial charge in [-0.1, -0.05) is 12.1 Å². The molecular weight excluding hydrogens is 414 g/mol. The van der Waals surface area contributed by atoms with E-state index in [0.29, 0.717) is 17.2 Å². The van der Waals surface area contributed by atoms with Gasteiger partial charge in [0.1, 0.15) is 0 Å². The Hall–Kier alpha value is -2.97. The van der Waals surface area contributed by atoms with Crippen molar-refractivity contribution < 1.29 is 17.9 Å². The van der Waals surface area contributed by atoms with Crippen molar-refractivity contribution in [3.63, 3.8) is 0 Å².